The molecule has 1 unspecified atom stereocenters. The van der Waals surface area contributed by atoms with Crippen molar-refractivity contribution in [2.24, 2.45) is 5.92 Å². The molecule has 2 heterocycles. The highest BCUT2D eigenvalue weighted by Crippen LogP contribution is 2.39. The first kappa shape index (κ1) is 28.4. The van der Waals surface area contributed by atoms with Gasteiger partial charge in [-0.25, -0.2) is 4.79 Å². The largest absolute Gasteiger partial charge is 0.494 e. The number of anilines is 1. The van der Waals surface area contributed by atoms with Crippen LogP contribution in [0.15, 0.2) is 78.9 Å². The normalized spacial score (nSPS) is 16.8. The number of nitrogens with zero attached hydrogens (tertiary/aromatic N) is 2. The lowest BCUT2D eigenvalue weighted by atomic mass is 9.95. The molecule has 5 rings (SSSR count). The van der Waals surface area contributed by atoms with Crippen LogP contribution < -0.4 is 15.0 Å². The standard InChI is InChI=1S/C33H37N3O5/c1-2-28(33(39)40)35-22-30(37)36(31(24-9-5-3-6-10-24)25-11-7-4-8-12-25)29-14-13-26(21-27(29)32(35)38)41-20-17-23-15-18-34-19-16-23/h3-14,21,23,28,31,34H,2,15-20,22H2,1H3,(H,39,40). The molecule has 0 radical (unpaired) electrons. The summed E-state index contributed by atoms with van der Waals surface area (Å²) in [5, 5.41) is 13.3. The summed E-state index contributed by atoms with van der Waals surface area (Å²) in [4.78, 5) is 43.1. The minimum Gasteiger partial charge on any atom is -0.494 e. The molecule has 1 saturated heterocycles. The summed E-state index contributed by atoms with van der Waals surface area (Å²) in [6, 6.07) is 22.9. The molecule has 0 saturated carbocycles. The lowest BCUT2D eigenvalue weighted by Crippen LogP contribution is -2.48. The van der Waals surface area contributed by atoms with Crippen molar-refractivity contribution in [3.63, 3.8) is 0 Å². The summed E-state index contributed by atoms with van der Waals surface area (Å²) >= 11 is 0. The molecule has 2 N–H and O–H groups in total. The number of ether oxygens (including phenoxy) is 1. The van der Waals surface area contributed by atoms with Gasteiger partial charge in [-0.15, -0.1) is 0 Å². The highest BCUT2D eigenvalue weighted by molar-refractivity contribution is 6.11. The van der Waals surface area contributed by atoms with Gasteiger partial charge in [0.15, 0.2) is 0 Å². The van der Waals surface area contributed by atoms with Crippen LogP contribution in [0.1, 0.15) is 60.1 Å². The number of carbonyl (C=O) groups is 3. The van der Waals surface area contributed by atoms with Gasteiger partial charge in [0.05, 0.1) is 23.9 Å². The molecule has 0 aromatic heterocycles. The highest BCUT2D eigenvalue weighted by atomic mass is 16.5. The molecule has 3 aromatic carbocycles. The van der Waals surface area contributed by atoms with Crippen LogP contribution in [0.3, 0.4) is 0 Å². The number of aliphatic carboxylic acids is 1. The van der Waals surface area contributed by atoms with E-state index in [2.05, 4.69) is 5.32 Å². The molecule has 2 aliphatic rings. The summed E-state index contributed by atoms with van der Waals surface area (Å²) in [5.41, 5.74) is 2.45. The SMILES string of the molecule is CCC(C(=O)O)N1CC(=O)N(C(c2ccccc2)c2ccccc2)c2ccc(OCCC3CCNCC3)cc2C1=O. The van der Waals surface area contributed by atoms with Crippen LogP contribution in [0.4, 0.5) is 5.69 Å². The van der Waals surface area contributed by atoms with E-state index in [1.165, 1.54) is 4.90 Å². The van der Waals surface area contributed by atoms with E-state index in [1.54, 1.807) is 30.0 Å². The number of rotatable bonds is 10. The third-order valence-corrected chi connectivity index (χ3v) is 8.08. The minimum atomic E-state index is -1.14. The summed E-state index contributed by atoms with van der Waals surface area (Å²) < 4.78 is 6.11. The molecular formula is C33H37N3O5. The number of carboxylic acids is 1. The van der Waals surface area contributed by atoms with Crippen molar-refractivity contribution in [3.8, 4) is 5.75 Å². The third kappa shape index (κ3) is 6.28. The molecule has 3 aromatic rings. The second-order valence-corrected chi connectivity index (χ2v) is 10.7. The number of amides is 2. The van der Waals surface area contributed by atoms with Crippen LogP contribution in [-0.4, -0.2) is 60.1 Å². The maximum Gasteiger partial charge on any atom is 0.326 e. The Labute approximate surface area is 240 Å². The lowest BCUT2D eigenvalue weighted by molar-refractivity contribution is -0.142. The van der Waals surface area contributed by atoms with Gasteiger partial charge in [0.1, 0.15) is 18.3 Å². The fourth-order valence-electron chi connectivity index (χ4n) is 5.91. The van der Waals surface area contributed by atoms with E-state index in [0.717, 1.165) is 43.5 Å². The second-order valence-electron chi connectivity index (χ2n) is 10.7. The first-order valence-electron chi connectivity index (χ1n) is 14.4. The topological polar surface area (TPSA) is 99.2 Å². The van der Waals surface area contributed by atoms with Gasteiger partial charge in [0.2, 0.25) is 5.91 Å². The Morgan fingerprint density at radius 3 is 2.20 bits per heavy atom. The van der Waals surface area contributed by atoms with Crippen LogP contribution in [0.5, 0.6) is 5.75 Å². The van der Waals surface area contributed by atoms with Crippen molar-refractivity contribution in [2.45, 2.75) is 44.7 Å². The molecule has 2 aliphatic heterocycles. The predicted octanol–water partition coefficient (Wildman–Crippen LogP) is 4.90. The minimum absolute atomic E-state index is 0.178. The molecular weight excluding hydrogens is 518 g/mol. The van der Waals surface area contributed by atoms with Crippen molar-refractivity contribution in [3.05, 3.63) is 95.6 Å². The monoisotopic (exact) mass is 555 g/mol. The Balaban J connectivity index is 1.56. The average Bonchev–Trinajstić information content (AvgIpc) is 3.10. The molecule has 0 bridgehead atoms. The van der Waals surface area contributed by atoms with Gasteiger partial charge in [0.25, 0.3) is 5.91 Å². The van der Waals surface area contributed by atoms with Crippen molar-refractivity contribution < 1.29 is 24.2 Å². The van der Waals surface area contributed by atoms with Crippen molar-refractivity contribution >= 4 is 23.5 Å². The summed E-state index contributed by atoms with van der Waals surface area (Å²) in [5.74, 6) is -0.858. The molecule has 214 valence electrons. The number of nitrogens with one attached hydrogen (secondary N) is 1. The van der Waals surface area contributed by atoms with Crippen LogP contribution in [0.2, 0.25) is 0 Å². The van der Waals surface area contributed by atoms with E-state index in [-0.39, 0.29) is 24.4 Å². The van der Waals surface area contributed by atoms with E-state index in [0.29, 0.717) is 24.0 Å². The predicted molar refractivity (Wildman–Crippen MR) is 157 cm³/mol. The summed E-state index contributed by atoms with van der Waals surface area (Å²) in [7, 11) is 0. The first-order chi connectivity index (χ1) is 20.0. The number of carboxylic acid groups (broad SMARTS) is 1. The van der Waals surface area contributed by atoms with Crippen LogP contribution >= 0.6 is 0 Å². The zero-order valence-electron chi connectivity index (χ0n) is 23.4. The maximum atomic E-state index is 14.1. The molecule has 8 heteroatoms. The number of piperidine rings is 1. The number of benzene rings is 3. The van der Waals surface area contributed by atoms with Crippen LogP contribution in [0.25, 0.3) is 0 Å². The Morgan fingerprint density at radius 2 is 1.61 bits per heavy atom. The van der Waals surface area contributed by atoms with Crippen molar-refractivity contribution in [1.82, 2.24) is 10.2 Å². The summed E-state index contributed by atoms with van der Waals surface area (Å²) in [6.07, 6.45) is 3.33. The second kappa shape index (κ2) is 13.0. The Hall–Kier alpha value is -4.17. The van der Waals surface area contributed by atoms with Gasteiger partial charge in [-0.2, -0.15) is 0 Å². The molecule has 41 heavy (non-hydrogen) atoms. The maximum absolute atomic E-state index is 14.1. The van der Waals surface area contributed by atoms with Gasteiger partial charge >= 0.3 is 5.97 Å². The van der Waals surface area contributed by atoms with E-state index >= 15 is 0 Å². The van der Waals surface area contributed by atoms with Crippen LogP contribution in [-0.2, 0) is 9.59 Å². The number of carbonyl (C=O) groups excluding carboxylic acids is 2. The zero-order chi connectivity index (χ0) is 28.8. The van der Waals surface area contributed by atoms with E-state index < -0.39 is 24.0 Å². The first-order valence-corrected chi connectivity index (χ1v) is 14.4. The van der Waals surface area contributed by atoms with Crippen molar-refractivity contribution in [1.29, 1.82) is 0 Å². The fraction of sp³-hybridized carbons (Fsp3) is 0.364. The average molecular weight is 556 g/mol. The lowest BCUT2D eigenvalue weighted by Gasteiger charge is -2.33. The van der Waals surface area contributed by atoms with E-state index in [4.69, 9.17) is 4.74 Å². The van der Waals surface area contributed by atoms with Gasteiger partial charge < -0.3 is 20.1 Å². The van der Waals surface area contributed by atoms with E-state index in [9.17, 15) is 19.5 Å². The Kier molecular flexibility index (Phi) is 8.99. The molecule has 1 fully saturated rings. The highest BCUT2D eigenvalue weighted by Gasteiger charge is 2.40. The molecule has 0 aliphatic carbocycles. The van der Waals surface area contributed by atoms with Gasteiger partial charge in [-0.05, 0) is 74.0 Å². The molecule has 1 atom stereocenters. The molecule has 2 amide bonds. The Bertz CT molecular complexity index is 1320. The summed E-state index contributed by atoms with van der Waals surface area (Å²) in [6.45, 7) is 3.92. The van der Waals surface area contributed by atoms with Crippen molar-refractivity contribution in [2.75, 3.05) is 31.1 Å². The van der Waals surface area contributed by atoms with Gasteiger partial charge in [-0.3, -0.25) is 14.5 Å². The quantitative estimate of drug-likeness (QED) is 0.369. The fourth-order valence-corrected chi connectivity index (χ4v) is 5.91. The smallest absolute Gasteiger partial charge is 0.326 e. The third-order valence-electron chi connectivity index (χ3n) is 8.08. The Morgan fingerprint density at radius 1 is 0.976 bits per heavy atom. The molecule has 0 spiro atoms. The van der Waals surface area contributed by atoms with Crippen LogP contribution in [0, 0.1) is 5.92 Å². The van der Waals surface area contributed by atoms with E-state index in [1.807, 2.05) is 60.7 Å². The number of hydrogen-bond acceptors (Lipinski definition) is 5. The van der Waals surface area contributed by atoms with Gasteiger partial charge in [0, 0.05) is 0 Å². The number of hydrogen-bond donors (Lipinski definition) is 2. The van der Waals surface area contributed by atoms with Gasteiger partial charge in [-0.1, -0.05) is 67.6 Å². The zero-order valence-corrected chi connectivity index (χ0v) is 23.4. The number of fused-ring (bicyclic) bond motifs is 1. The molecule has 8 nitrogen and oxygen atoms in total.